The number of hydrogen-bond acceptors (Lipinski definition) is 2. The number of carbonyl (C=O) groups is 1. The van der Waals surface area contributed by atoms with Crippen LogP contribution in [0.25, 0.3) is 0 Å². The molecular weight excluding hydrogens is 283 g/mol. The number of carboxylic acid groups (broad SMARTS) is 1. The van der Waals surface area contributed by atoms with Crippen molar-refractivity contribution in [1.82, 2.24) is 4.90 Å². The molecule has 0 spiro atoms. The maximum Gasteiger partial charge on any atom is 0.401 e. The van der Waals surface area contributed by atoms with E-state index < -0.39 is 30.7 Å². The van der Waals surface area contributed by atoms with Gasteiger partial charge in [0.2, 0.25) is 0 Å². The molecule has 6 heteroatoms. The summed E-state index contributed by atoms with van der Waals surface area (Å²) in [6.45, 7) is 3.17. The molecule has 3 unspecified atom stereocenters. The molecule has 0 aliphatic heterocycles. The van der Waals surface area contributed by atoms with Crippen LogP contribution in [0.1, 0.15) is 52.4 Å². The Labute approximate surface area is 124 Å². The van der Waals surface area contributed by atoms with Crippen molar-refractivity contribution in [3.05, 3.63) is 0 Å². The zero-order valence-electron chi connectivity index (χ0n) is 12.8. The Kier molecular flexibility index (Phi) is 6.97. The molecule has 124 valence electrons. The lowest BCUT2D eigenvalue weighted by Gasteiger charge is -2.41. The van der Waals surface area contributed by atoms with Crippen LogP contribution >= 0.6 is 0 Å². The second kappa shape index (κ2) is 8.01. The number of rotatable bonds is 7. The van der Waals surface area contributed by atoms with Gasteiger partial charge in [-0.25, -0.2) is 0 Å². The average molecular weight is 309 g/mol. The first kappa shape index (κ1) is 18.3. The van der Waals surface area contributed by atoms with Crippen LogP contribution < -0.4 is 0 Å². The number of halogens is 3. The highest BCUT2D eigenvalue weighted by molar-refractivity contribution is 5.71. The molecule has 1 aliphatic rings. The van der Waals surface area contributed by atoms with Crippen LogP contribution in [0.5, 0.6) is 0 Å². The van der Waals surface area contributed by atoms with Crippen LogP contribution in [0.15, 0.2) is 0 Å². The zero-order valence-corrected chi connectivity index (χ0v) is 12.8. The Morgan fingerprint density at radius 3 is 2.38 bits per heavy atom. The molecule has 0 heterocycles. The fourth-order valence-corrected chi connectivity index (χ4v) is 3.47. The Bertz CT molecular complexity index is 333. The van der Waals surface area contributed by atoms with Crippen LogP contribution in [0.4, 0.5) is 13.2 Å². The van der Waals surface area contributed by atoms with E-state index in [0.717, 1.165) is 19.3 Å². The van der Waals surface area contributed by atoms with Gasteiger partial charge in [0.05, 0.1) is 12.5 Å². The molecule has 3 nitrogen and oxygen atoms in total. The van der Waals surface area contributed by atoms with E-state index >= 15 is 0 Å². The summed E-state index contributed by atoms with van der Waals surface area (Å²) in [6, 6.07) is -0.491. The number of carboxylic acids is 1. The molecule has 1 rings (SSSR count). The molecule has 21 heavy (non-hydrogen) atoms. The van der Waals surface area contributed by atoms with Crippen molar-refractivity contribution in [2.45, 2.75) is 64.6 Å². The van der Waals surface area contributed by atoms with Crippen molar-refractivity contribution < 1.29 is 23.1 Å². The van der Waals surface area contributed by atoms with Gasteiger partial charge in [0, 0.05) is 6.04 Å². The molecule has 1 fully saturated rings. The number of nitrogens with zero attached hydrogens (tertiary/aromatic N) is 1. The van der Waals surface area contributed by atoms with E-state index in [1.165, 1.54) is 4.90 Å². The van der Waals surface area contributed by atoms with Gasteiger partial charge >= 0.3 is 12.1 Å². The highest BCUT2D eigenvalue weighted by atomic mass is 19.4. The normalized spacial score (nSPS) is 27.0. The predicted octanol–water partition coefficient (Wildman–Crippen LogP) is 3.93. The maximum atomic E-state index is 12.8. The third-order valence-corrected chi connectivity index (χ3v) is 4.30. The van der Waals surface area contributed by atoms with E-state index in [2.05, 4.69) is 6.92 Å². The minimum atomic E-state index is -4.28. The summed E-state index contributed by atoms with van der Waals surface area (Å²) in [6.07, 6.45) is 0.140. The van der Waals surface area contributed by atoms with Crippen molar-refractivity contribution in [1.29, 1.82) is 0 Å². The zero-order chi connectivity index (χ0) is 16.0. The summed E-state index contributed by atoms with van der Waals surface area (Å²) >= 11 is 0. The van der Waals surface area contributed by atoms with Crippen molar-refractivity contribution in [2.75, 3.05) is 13.1 Å². The van der Waals surface area contributed by atoms with Crippen molar-refractivity contribution in [3.8, 4) is 0 Å². The molecular formula is C15H26F3NO2. The molecule has 0 aromatic carbocycles. The van der Waals surface area contributed by atoms with Crippen LogP contribution in [-0.2, 0) is 4.79 Å². The summed E-state index contributed by atoms with van der Waals surface area (Å²) in [5, 5.41) is 9.33. The van der Waals surface area contributed by atoms with Gasteiger partial charge in [-0.2, -0.15) is 13.2 Å². The molecule has 0 amide bonds. The Morgan fingerprint density at radius 1 is 1.24 bits per heavy atom. The maximum absolute atomic E-state index is 12.8. The Morgan fingerprint density at radius 2 is 1.90 bits per heavy atom. The van der Waals surface area contributed by atoms with Gasteiger partial charge < -0.3 is 5.11 Å². The van der Waals surface area contributed by atoms with E-state index in [1.807, 2.05) is 6.92 Å². The van der Waals surface area contributed by atoms with Gasteiger partial charge in [-0.05, 0) is 38.1 Å². The monoisotopic (exact) mass is 309 g/mol. The van der Waals surface area contributed by atoms with Gasteiger partial charge in [-0.1, -0.05) is 26.7 Å². The van der Waals surface area contributed by atoms with Crippen molar-refractivity contribution in [2.24, 2.45) is 11.8 Å². The standard InChI is InChI=1S/C15H26F3NO2/c1-3-5-11-6-7-12(14(20)21)13(9-11)19(8-4-2)10-15(16,17)18/h11-13H,3-10H2,1-2H3,(H,20,21). The van der Waals surface area contributed by atoms with Crippen molar-refractivity contribution in [3.63, 3.8) is 0 Å². The summed E-state index contributed by atoms with van der Waals surface area (Å²) in [5.41, 5.74) is 0. The third-order valence-electron chi connectivity index (χ3n) is 4.30. The van der Waals surface area contributed by atoms with Crippen LogP contribution in [0.2, 0.25) is 0 Å². The Hall–Kier alpha value is -0.780. The van der Waals surface area contributed by atoms with E-state index in [1.54, 1.807) is 0 Å². The lowest BCUT2D eigenvalue weighted by atomic mass is 9.76. The first-order chi connectivity index (χ1) is 9.78. The fraction of sp³-hybridized carbons (Fsp3) is 0.933. The van der Waals surface area contributed by atoms with Crippen molar-refractivity contribution >= 4 is 5.97 Å². The molecule has 0 bridgehead atoms. The average Bonchev–Trinajstić information content (AvgIpc) is 2.36. The number of hydrogen-bond donors (Lipinski definition) is 1. The second-order valence-corrected chi connectivity index (χ2v) is 6.07. The molecule has 0 aromatic rings. The van der Waals surface area contributed by atoms with E-state index in [4.69, 9.17) is 0 Å². The largest absolute Gasteiger partial charge is 0.481 e. The fourth-order valence-electron chi connectivity index (χ4n) is 3.47. The minimum absolute atomic E-state index is 0.298. The van der Waals surface area contributed by atoms with Gasteiger partial charge in [-0.3, -0.25) is 9.69 Å². The topological polar surface area (TPSA) is 40.5 Å². The lowest BCUT2D eigenvalue weighted by Crippen LogP contribution is -2.50. The van der Waals surface area contributed by atoms with Gasteiger partial charge in [0.25, 0.3) is 0 Å². The van der Waals surface area contributed by atoms with E-state index in [-0.39, 0.29) is 0 Å². The van der Waals surface area contributed by atoms with Crippen LogP contribution in [-0.4, -0.2) is 41.3 Å². The molecule has 3 atom stereocenters. The van der Waals surface area contributed by atoms with Crippen LogP contribution in [0, 0.1) is 11.8 Å². The number of alkyl halides is 3. The Balaban J connectivity index is 2.87. The second-order valence-electron chi connectivity index (χ2n) is 6.07. The quantitative estimate of drug-likeness (QED) is 0.774. The summed E-state index contributed by atoms with van der Waals surface area (Å²) in [5.74, 6) is -1.28. The SMILES string of the molecule is CCCC1CCC(C(=O)O)C(N(CCC)CC(F)(F)F)C1. The smallest absolute Gasteiger partial charge is 0.401 e. The highest BCUT2D eigenvalue weighted by Crippen LogP contribution is 2.36. The minimum Gasteiger partial charge on any atom is -0.481 e. The summed E-state index contributed by atoms with van der Waals surface area (Å²) in [7, 11) is 0. The van der Waals surface area contributed by atoms with Gasteiger partial charge in [0.15, 0.2) is 0 Å². The number of aliphatic carboxylic acids is 1. The molecule has 0 aromatic heterocycles. The van der Waals surface area contributed by atoms with E-state index in [0.29, 0.717) is 31.7 Å². The first-order valence-corrected chi connectivity index (χ1v) is 7.82. The summed E-state index contributed by atoms with van der Waals surface area (Å²) in [4.78, 5) is 12.7. The predicted molar refractivity (Wildman–Crippen MR) is 75.1 cm³/mol. The molecule has 1 saturated carbocycles. The summed E-state index contributed by atoms with van der Waals surface area (Å²) < 4.78 is 38.3. The first-order valence-electron chi connectivity index (χ1n) is 7.82. The lowest BCUT2D eigenvalue weighted by molar-refractivity contribution is -0.164. The highest BCUT2D eigenvalue weighted by Gasteiger charge is 2.41. The molecule has 0 radical (unpaired) electrons. The molecule has 1 aliphatic carbocycles. The third kappa shape index (κ3) is 5.85. The van der Waals surface area contributed by atoms with E-state index in [9.17, 15) is 23.1 Å². The molecule has 0 saturated heterocycles. The molecule has 1 N–H and O–H groups in total. The van der Waals surface area contributed by atoms with Crippen LogP contribution in [0.3, 0.4) is 0 Å². The van der Waals surface area contributed by atoms with Gasteiger partial charge in [-0.15, -0.1) is 0 Å². The van der Waals surface area contributed by atoms with Gasteiger partial charge in [0.1, 0.15) is 0 Å².